The molecular weight excluding hydrogens is 268 g/mol. The minimum atomic E-state index is 0.176. The van der Waals surface area contributed by atoms with E-state index in [2.05, 4.69) is 46.1 Å². The van der Waals surface area contributed by atoms with Gasteiger partial charge in [-0.25, -0.2) is 0 Å². The maximum atomic E-state index is 5.48. The van der Waals surface area contributed by atoms with E-state index >= 15 is 0 Å². The van der Waals surface area contributed by atoms with Crippen molar-refractivity contribution in [2.24, 2.45) is 11.3 Å². The van der Waals surface area contributed by atoms with Gasteiger partial charge in [0.1, 0.15) is 0 Å². The van der Waals surface area contributed by atoms with E-state index in [0.717, 1.165) is 24.6 Å². The Morgan fingerprint density at radius 2 is 1.86 bits per heavy atom. The number of anilines is 1. The monoisotopic (exact) mass is 290 g/mol. The molecule has 0 aliphatic heterocycles. The lowest BCUT2D eigenvalue weighted by atomic mass is 9.70. The number of nitrogens with two attached hydrogens (primary N) is 1. The molecule has 0 aromatic carbocycles. The fourth-order valence-corrected chi connectivity index (χ4v) is 3.08. The largest absolute Gasteiger partial charge is 0.366 e. The lowest BCUT2D eigenvalue weighted by molar-refractivity contribution is 0.166. The summed E-state index contributed by atoms with van der Waals surface area (Å²) in [5.41, 5.74) is 5.86. The molecule has 1 aliphatic carbocycles. The van der Waals surface area contributed by atoms with Gasteiger partial charge in [0.15, 0.2) is 5.82 Å². The minimum absolute atomic E-state index is 0.176. The molecule has 0 bridgehead atoms. The number of rotatable bonds is 2. The maximum absolute atomic E-state index is 5.48. The molecule has 0 atom stereocenters. The summed E-state index contributed by atoms with van der Waals surface area (Å²) in [5.74, 6) is 2.88. The highest BCUT2D eigenvalue weighted by atomic mass is 16.5. The summed E-state index contributed by atoms with van der Waals surface area (Å²) in [6.45, 7) is 6.95. The fourth-order valence-electron chi connectivity index (χ4n) is 3.08. The molecule has 2 aromatic heterocycles. The van der Waals surface area contributed by atoms with Crippen molar-refractivity contribution < 1.29 is 4.52 Å². The first-order valence-electron chi connectivity index (χ1n) is 7.45. The lowest BCUT2D eigenvalue weighted by Gasteiger charge is -2.36. The van der Waals surface area contributed by atoms with Crippen LogP contribution in [0.2, 0.25) is 0 Å². The van der Waals surface area contributed by atoms with Crippen LogP contribution < -0.4 is 5.73 Å². The second kappa shape index (κ2) is 5.13. The predicted octanol–water partition coefficient (Wildman–Crippen LogP) is 2.76. The van der Waals surface area contributed by atoms with Crippen molar-refractivity contribution in [2.75, 3.05) is 5.73 Å². The second-order valence-corrected chi connectivity index (χ2v) is 6.91. The topological polar surface area (TPSA) is 107 Å². The Balaban J connectivity index is 1.68. The minimum Gasteiger partial charge on any atom is -0.366 e. The van der Waals surface area contributed by atoms with Crippen molar-refractivity contribution >= 4 is 5.95 Å². The van der Waals surface area contributed by atoms with Crippen molar-refractivity contribution in [1.29, 1.82) is 0 Å². The molecule has 2 heterocycles. The molecule has 1 saturated carbocycles. The van der Waals surface area contributed by atoms with E-state index in [9.17, 15) is 0 Å². The zero-order valence-electron chi connectivity index (χ0n) is 12.8. The van der Waals surface area contributed by atoms with E-state index in [0.29, 0.717) is 23.0 Å². The molecule has 0 spiro atoms. The SMILES string of the molecule is CC(C)(C)C1CCC(c2noc(-c3nc(N)n[nH]3)n2)CC1. The van der Waals surface area contributed by atoms with Gasteiger partial charge in [-0.2, -0.15) is 9.97 Å². The third kappa shape index (κ3) is 2.91. The van der Waals surface area contributed by atoms with Crippen LogP contribution in [0.4, 0.5) is 5.95 Å². The van der Waals surface area contributed by atoms with Crippen molar-refractivity contribution in [1.82, 2.24) is 25.3 Å². The van der Waals surface area contributed by atoms with Crippen LogP contribution >= 0.6 is 0 Å². The van der Waals surface area contributed by atoms with Gasteiger partial charge in [-0.05, 0) is 37.0 Å². The van der Waals surface area contributed by atoms with Gasteiger partial charge in [-0.15, -0.1) is 5.10 Å². The molecule has 7 heteroatoms. The Labute approximate surface area is 123 Å². The molecule has 21 heavy (non-hydrogen) atoms. The summed E-state index contributed by atoms with van der Waals surface area (Å²) < 4.78 is 5.26. The molecule has 0 radical (unpaired) electrons. The normalized spacial score (nSPS) is 23.4. The molecule has 1 fully saturated rings. The first-order chi connectivity index (χ1) is 9.93. The highest BCUT2D eigenvalue weighted by molar-refractivity contribution is 5.41. The molecule has 0 amide bonds. The van der Waals surface area contributed by atoms with Gasteiger partial charge in [-0.3, -0.25) is 5.10 Å². The van der Waals surface area contributed by atoms with Crippen molar-refractivity contribution in [2.45, 2.75) is 52.4 Å². The average Bonchev–Trinajstić information content (AvgIpc) is 3.06. The Morgan fingerprint density at radius 1 is 1.14 bits per heavy atom. The van der Waals surface area contributed by atoms with Crippen LogP contribution in [0.15, 0.2) is 4.52 Å². The van der Waals surface area contributed by atoms with E-state index < -0.39 is 0 Å². The number of nitrogens with zero attached hydrogens (tertiary/aromatic N) is 4. The zero-order chi connectivity index (χ0) is 15.0. The van der Waals surface area contributed by atoms with E-state index in [1.54, 1.807) is 0 Å². The fraction of sp³-hybridized carbons (Fsp3) is 0.714. The Bertz CT molecular complexity index is 603. The summed E-state index contributed by atoms with van der Waals surface area (Å²) in [7, 11) is 0. The van der Waals surface area contributed by atoms with Gasteiger partial charge < -0.3 is 10.3 Å². The molecule has 3 N–H and O–H groups in total. The van der Waals surface area contributed by atoms with E-state index in [-0.39, 0.29) is 5.95 Å². The summed E-state index contributed by atoms with van der Waals surface area (Å²) in [6.07, 6.45) is 4.65. The van der Waals surface area contributed by atoms with Gasteiger partial charge in [0, 0.05) is 5.92 Å². The number of nitrogen functional groups attached to an aromatic ring is 1. The molecule has 7 nitrogen and oxygen atoms in total. The predicted molar refractivity (Wildman–Crippen MR) is 78.2 cm³/mol. The van der Waals surface area contributed by atoms with Crippen LogP contribution in [-0.4, -0.2) is 25.3 Å². The van der Waals surface area contributed by atoms with Crippen molar-refractivity contribution in [3.63, 3.8) is 0 Å². The molecule has 114 valence electrons. The smallest absolute Gasteiger partial charge is 0.295 e. The molecule has 1 aliphatic rings. The third-order valence-electron chi connectivity index (χ3n) is 4.46. The first-order valence-corrected chi connectivity index (χ1v) is 7.45. The van der Waals surface area contributed by atoms with Gasteiger partial charge in [0.25, 0.3) is 5.89 Å². The highest BCUT2D eigenvalue weighted by Crippen LogP contribution is 2.42. The van der Waals surface area contributed by atoms with Gasteiger partial charge in [0.2, 0.25) is 11.8 Å². The van der Waals surface area contributed by atoms with Crippen molar-refractivity contribution in [3.8, 4) is 11.7 Å². The zero-order valence-corrected chi connectivity index (χ0v) is 12.8. The number of nitrogens with one attached hydrogen (secondary N) is 1. The summed E-state index contributed by atoms with van der Waals surface area (Å²) in [5, 5.41) is 10.5. The number of H-pyrrole nitrogens is 1. The van der Waals surface area contributed by atoms with Gasteiger partial charge in [-0.1, -0.05) is 25.9 Å². The van der Waals surface area contributed by atoms with Crippen LogP contribution in [-0.2, 0) is 0 Å². The maximum Gasteiger partial charge on any atom is 0.295 e. The first kappa shape index (κ1) is 14.0. The van der Waals surface area contributed by atoms with Crippen LogP contribution in [0.1, 0.15) is 58.2 Å². The summed E-state index contributed by atoms with van der Waals surface area (Å²) >= 11 is 0. The number of aromatic nitrogens is 5. The Morgan fingerprint density at radius 3 is 2.43 bits per heavy atom. The Kier molecular flexibility index (Phi) is 3.43. The number of hydrogen-bond donors (Lipinski definition) is 2. The molecular formula is C14H22N6O. The molecule has 0 saturated heterocycles. The second-order valence-electron chi connectivity index (χ2n) is 6.91. The van der Waals surface area contributed by atoms with Crippen LogP contribution in [0.3, 0.4) is 0 Å². The third-order valence-corrected chi connectivity index (χ3v) is 4.46. The molecule has 0 unspecified atom stereocenters. The number of hydrogen-bond acceptors (Lipinski definition) is 6. The number of aromatic amines is 1. The highest BCUT2D eigenvalue weighted by Gasteiger charge is 2.32. The quantitative estimate of drug-likeness (QED) is 0.880. The van der Waals surface area contributed by atoms with Crippen LogP contribution in [0.5, 0.6) is 0 Å². The summed E-state index contributed by atoms with van der Waals surface area (Å²) in [4.78, 5) is 8.44. The van der Waals surface area contributed by atoms with Crippen LogP contribution in [0.25, 0.3) is 11.7 Å². The van der Waals surface area contributed by atoms with Gasteiger partial charge >= 0.3 is 0 Å². The van der Waals surface area contributed by atoms with E-state index in [4.69, 9.17) is 10.3 Å². The van der Waals surface area contributed by atoms with Gasteiger partial charge in [0.05, 0.1) is 0 Å². The van der Waals surface area contributed by atoms with Crippen molar-refractivity contribution in [3.05, 3.63) is 5.82 Å². The van der Waals surface area contributed by atoms with Crippen LogP contribution in [0, 0.1) is 11.3 Å². The summed E-state index contributed by atoms with van der Waals surface area (Å²) in [6, 6.07) is 0. The van der Waals surface area contributed by atoms with E-state index in [1.807, 2.05) is 0 Å². The Hall–Kier alpha value is -1.92. The standard InChI is InChI=1S/C14H22N6O/c1-14(2,3)9-6-4-8(5-7-9)10-16-12(21-20-10)11-17-13(15)19-18-11/h8-9H,4-7H2,1-3H3,(H3,15,17,18,19). The van der Waals surface area contributed by atoms with E-state index in [1.165, 1.54) is 12.8 Å². The molecule has 2 aromatic rings. The molecule has 3 rings (SSSR count). The average molecular weight is 290 g/mol. The lowest BCUT2D eigenvalue weighted by Crippen LogP contribution is -2.25.